The number of ether oxygens (including phenoxy) is 2. The second-order valence-corrected chi connectivity index (χ2v) is 8.75. The molecule has 5 rings (SSSR count). The van der Waals surface area contributed by atoms with Crippen LogP contribution >= 0.6 is 0 Å². The highest BCUT2D eigenvalue weighted by atomic mass is 19.4. The average Bonchev–Trinajstić information content (AvgIpc) is 3.08. The molecule has 1 aliphatic heterocycles. The number of benzene rings is 3. The van der Waals surface area contributed by atoms with Crippen molar-refractivity contribution in [2.75, 3.05) is 12.4 Å². The van der Waals surface area contributed by atoms with Gasteiger partial charge in [-0.25, -0.2) is 19.2 Å². The molecule has 1 aliphatic rings. The SMILES string of the molecule is C=Cc1ccc2c(c1)C(c1c(F)cccc1OC(F)(F)F)=NCc1cnc(Nc3ccc(C(=O)O)c(OC)c3)nc1-2. The molecule has 0 spiro atoms. The molecule has 4 aromatic rings. The van der Waals surface area contributed by atoms with Crippen molar-refractivity contribution in [3.05, 3.63) is 101 Å². The van der Waals surface area contributed by atoms with Crippen molar-refractivity contribution in [1.82, 2.24) is 9.97 Å². The van der Waals surface area contributed by atoms with Gasteiger partial charge in [-0.1, -0.05) is 30.9 Å². The summed E-state index contributed by atoms with van der Waals surface area (Å²) in [5, 5.41) is 12.3. The first-order valence-corrected chi connectivity index (χ1v) is 12.0. The average molecular weight is 564 g/mol. The van der Waals surface area contributed by atoms with Crippen molar-refractivity contribution >= 4 is 29.4 Å². The molecule has 12 heteroatoms. The van der Waals surface area contributed by atoms with Gasteiger partial charge in [0.25, 0.3) is 0 Å². The van der Waals surface area contributed by atoms with Gasteiger partial charge in [-0.2, -0.15) is 0 Å². The number of halogens is 4. The molecular formula is C29H20F4N4O4. The van der Waals surface area contributed by atoms with E-state index in [4.69, 9.17) is 4.74 Å². The van der Waals surface area contributed by atoms with Crippen molar-refractivity contribution in [1.29, 1.82) is 0 Å². The summed E-state index contributed by atoms with van der Waals surface area (Å²) in [6, 6.07) is 12.6. The number of hydrogen-bond acceptors (Lipinski definition) is 7. The minimum Gasteiger partial charge on any atom is -0.496 e. The summed E-state index contributed by atoms with van der Waals surface area (Å²) in [6.45, 7) is 3.69. The number of fused-ring (bicyclic) bond motifs is 3. The van der Waals surface area contributed by atoms with E-state index in [1.807, 2.05) is 0 Å². The maximum absolute atomic E-state index is 15.2. The minimum atomic E-state index is -5.06. The monoisotopic (exact) mass is 564 g/mol. The molecule has 208 valence electrons. The normalized spacial score (nSPS) is 12.4. The lowest BCUT2D eigenvalue weighted by Gasteiger charge is -2.17. The van der Waals surface area contributed by atoms with Crippen LogP contribution in [0.4, 0.5) is 29.2 Å². The lowest BCUT2D eigenvalue weighted by atomic mass is 9.93. The Balaban J connectivity index is 1.62. The van der Waals surface area contributed by atoms with Gasteiger partial charge in [0, 0.05) is 34.6 Å². The van der Waals surface area contributed by atoms with Gasteiger partial charge in [0.1, 0.15) is 22.9 Å². The molecule has 8 nitrogen and oxygen atoms in total. The van der Waals surface area contributed by atoms with E-state index >= 15 is 4.39 Å². The van der Waals surface area contributed by atoms with Gasteiger partial charge in [-0.15, -0.1) is 13.2 Å². The summed E-state index contributed by atoms with van der Waals surface area (Å²) in [7, 11) is 1.34. The van der Waals surface area contributed by atoms with Gasteiger partial charge in [0.05, 0.1) is 30.6 Å². The third-order valence-electron chi connectivity index (χ3n) is 6.19. The molecule has 0 amide bonds. The van der Waals surface area contributed by atoms with Gasteiger partial charge in [-0.3, -0.25) is 4.99 Å². The first kappa shape index (κ1) is 27.3. The lowest BCUT2D eigenvalue weighted by molar-refractivity contribution is -0.274. The quantitative estimate of drug-likeness (QED) is 0.243. The molecule has 0 bridgehead atoms. The molecular weight excluding hydrogens is 544 g/mol. The van der Waals surface area contributed by atoms with Crippen LogP contribution in [-0.2, 0) is 6.54 Å². The molecule has 0 saturated heterocycles. The summed E-state index contributed by atoms with van der Waals surface area (Å²) < 4.78 is 64.1. The largest absolute Gasteiger partial charge is 0.573 e. The van der Waals surface area contributed by atoms with Gasteiger partial charge in [-0.05, 0) is 35.9 Å². The third kappa shape index (κ3) is 5.57. The molecule has 3 aromatic carbocycles. The van der Waals surface area contributed by atoms with Crippen molar-refractivity contribution in [2.45, 2.75) is 12.9 Å². The third-order valence-corrected chi connectivity index (χ3v) is 6.19. The fourth-order valence-corrected chi connectivity index (χ4v) is 4.39. The van der Waals surface area contributed by atoms with Crippen LogP contribution in [0.25, 0.3) is 17.3 Å². The number of nitrogens with one attached hydrogen (secondary N) is 1. The molecule has 0 radical (unpaired) electrons. The molecule has 0 saturated carbocycles. The van der Waals surface area contributed by atoms with Gasteiger partial charge < -0.3 is 19.9 Å². The van der Waals surface area contributed by atoms with E-state index in [-0.39, 0.29) is 29.5 Å². The summed E-state index contributed by atoms with van der Waals surface area (Å²) in [5.74, 6) is -2.56. The summed E-state index contributed by atoms with van der Waals surface area (Å²) in [5.41, 5.74) is 2.26. The standard InChI is InChI=1S/C29H20F4N4O4/c1-3-15-7-9-18-20(11-15)26(24-21(30)5-4-6-22(24)41-29(31,32)33)34-13-16-14-35-28(37-25(16)18)36-17-8-10-19(27(38)39)23(12-17)40-2/h3-12,14H,1,13H2,2H3,(H,38,39)(H,35,36,37). The van der Waals surface area contributed by atoms with Crippen LogP contribution in [0.15, 0.2) is 72.4 Å². The van der Waals surface area contributed by atoms with Crippen molar-refractivity contribution in [2.24, 2.45) is 4.99 Å². The number of carboxylic acids is 1. The predicted octanol–water partition coefficient (Wildman–Crippen LogP) is 6.63. The Bertz CT molecular complexity index is 1720. The van der Waals surface area contributed by atoms with Gasteiger partial charge >= 0.3 is 12.3 Å². The first-order chi connectivity index (χ1) is 19.6. The zero-order valence-electron chi connectivity index (χ0n) is 21.3. The highest BCUT2D eigenvalue weighted by Crippen LogP contribution is 2.37. The second-order valence-electron chi connectivity index (χ2n) is 8.75. The minimum absolute atomic E-state index is 0.0282. The Hall–Kier alpha value is -5.26. The highest BCUT2D eigenvalue weighted by molar-refractivity contribution is 6.18. The second kappa shape index (κ2) is 10.7. The smallest absolute Gasteiger partial charge is 0.496 e. The molecule has 0 aliphatic carbocycles. The molecule has 0 atom stereocenters. The fourth-order valence-electron chi connectivity index (χ4n) is 4.39. The van der Waals surface area contributed by atoms with E-state index in [1.165, 1.54) is 31.5 Å². The molecule has 41 heavy (non-hydrogen) atoms. The van der Waals surface area contributed by atoms with Crippen LogP contribution in [0.5, 0.6) is 11.5 Å². The highest BCUT2D eigenvalue weighted by Gasteiger charge is 2.34. The summed E-state index contributed by atoms with van der Waals surface area (Å²) in [6.07, 6.45) is -2.01. The molecule has 1 aromatic heterocycles. The van der Waals surface area contributed by atoms with Crippen LogP contribution in [0, 0.1) is 5.82 Å². The number of anilines is 2. The molecule has 2 N–H and O–H groups in total. The number of carbonyl (C=O) groups is 1. The number of carboxylic acid groups (broad SMARTS) is 1. The van der Waals surface area contributed by atoms with Gasteiger partial charge in [0.2, 0.25) is 5.95 Å². The Morgan fingerprint density at radius 2 is 1.90 bits per heavy atom. The van der Waals surface area contributed by atoms with Crippen molar-refractivity contribution < 1.29 is 36.9 Å². The number of nitrogens with zero attached hydrogens (tertiary/aromatic N) is 3. The molecule has 0 fully saturated rings. The lowest BCUT2D eigenvalue weighted by Crippen LogP contribution is -2.20. The summed E-state index contributed by atoms with van der Waals surface area (Å²) in [4.78, 5) is 24.8. The number of aliphatic imine (C=N–C) groups is 1. The predicted molar refractivity (Wildman–Crippen MR) is 143 cm³/mol. The van der Waals surface area contributed by atoms with Crippen LogP contribution in [0.1, 0.15) is 32.6 Å². The number of hydrogen-bond donors (Lipinski definition) is 2. The van der Waals surface area contributed by atoms with E-state index in [0.29, 0.717) is 33.6 Å². The zero-order valence-corrected chi connectivity index (χ0v) is 21.3. The summed E-state index contributed by atoms with van der Waals surface area (Å²) >= 11 is 0. The maximum atomic E-state index is 15.2. The molecule has 0 unspecified atom stereocenters. The maximum Gasteiger partial charge on any atom is 0.573 e. The number of methoxy groups -OCH3 is 1. The van der Waals surface area contributed by atoms with Crippen LogP contribution in [-0.4, -0.2) is 40.2 Å². The van der Waals surface area contributed by atoms with Crippen LogP contribution in [0.3, 0.4) is 0 Å². The van der Waals surface area contributed by atoms with E-state index in [9.17, 15) is 23.1 Å². The van der Waals surface area contributed by atoms with Crippen molar-refractivity contribution in [3.63, 3.8) is 0 Å². The first-order valence-electron chi connectivity index (χ1n) is 12.0. The fraction of sp³-hybridized carbons (Fsp3) is 0.103. The van der Waals surface area contributed by atoms with E-state index in [2.05, 4.69) is 31.6 Å². The Kier molecular flexibility index (Phi) is 7.14. The number of aromatic carboxylic acids is 1. The van der Waals surface area contributed by atoms with Crippen LogP contribution < -0.4 is 14.8 Å². The number of alkyl halides is 3. The zero-order chi connectivity index (χ0) is 29.3. The Labute approximate surface area is 230 Å². The Morgan fingerprint density at radius 3 is 2.61 bits per heavy atom. The molecule has 2 heterocycles. The van der Waals surface area contributed by atoms with Gasteiger partial charge in [0.15, 0.2) is 0 Å². The number of aromatic nitrogens is 2. The van der Waals surface area contributed by atoms with Crippen molar-refractivity contribution in [3.8, 4) is 22.8 Å². The number of rotatable bonds is 7. The van der Waals surface area contributed by atoms with Crippen LogP contribution in [0.2, 0.25) is 0 Å². The van der Waals surface area contributed by atoms with E-state index in [0.717, 1.165) is 18.2 Å². The Morgan fingerprint density at radius 1 is 1.10 bits per heavy atom. The van der Waals surface area contributed by atoms with E-state index in [1.54, 1.807) is 24.3 Å². The topological polar surface area (TPSA) is 106 Å². The van der Waals surface area contributed by atoms with E-state index < -0.39 is 29.5 Å².